The maximum absolute atomic E-state index is 13.5. The van der Waals surface area contributed by atoms with Crippen molar-refractivity contribution in [3.8, 4) is 0 Å². The molecule has 104 valence electrons. The molecule has 0 spiro atoms. The number of ether oxygens (including phenoxy) is 1. The second-order valence-corrected chi connectivity index (χ2v) is 5.56. The van der Waals surface area contributed by atoms with Crippen molar-refractivity contribution in [1.29, 1.82) is 0 Å². The molecule has 1 heterocycles. The molecule has 0 radical (unpaired) electrons. The van der Waals surface area contributed by atoms with Crippen LogP contribution in [-0.2, 0) is 11.3 Å². The van der Waals surface area contributed by atoms with Crippen molar-refractivity contribution >= 4 is 5.69 Å². The fourth-order valence-corrected chi connectivity index (χ4v) is 2.58. The third-order valence-electron chi connectivity index (χ3n) is 3.78. The van der Waals surface area contributed by atoms with Gasteiger partial charge in [0.25, 0.3) is 0 Å². The summed E-state index contributed by atoms with van der Waals surface area (Å²) in [4.78, 5) is 2.30. The maximum Gasteiger partial charge on any atom is 0.123 e. The van der Waals surface area contributed by atoms with Crippen molar-refractivity contribution in [2.75, 3.05) is 24.6 Å². The number of nitrogens with one attached hydrogen (secondary N) is 1. The van der Waals surface area contributed by atoms with Crippen molar-refractivity contribution in [2.45, 2.75) is 38.5 Å². The second-order valence-electron chi connectivity index (χ2n) is 5.56. The summed E-state index contributed by atoms with van der Waals surface area (Å²) in [7, 11) is 0. The molecule has 0 aromatic heterocycles. The molecule has 1 aliphatic heterocycles. The lowest BCUT2D eigenvalue weighted by Gasteiger charge is -2.34. The Bertz CT molecular complexity index is 448. The Morgan fingerprint density at radius 3 is 3.00 bits per heavy atom. The SMILES string of the molecule is CC1CN(c2ccc(F)cc2CNC2CC2)CCO1. The van der Waals surface area contributed by atoms with E-state index in [1.807, 2.05) is 6.07 Å². The van der Waals surface area contributed by atoms with Crippen LogP contribution >= 0.6 is 0 Å². The highest BCUT2D eigenvalue weighted by Crippen LogP contribution is 2.26. The summed E-state index contributed by atoms with van der Waals surface area (Å²) in [6.45, 7) is 5.34. The molecule has 1 aliphatic carbocycles. The predicted molar refractivity (Wildman–Crippen MR) is 73.9 cm³/mol. The first-order valence-electron chi connectivity index (χ1n) is 7.11. The van der Waals surface area contributed by atoms with Crippen molar-refractivity contribution in [3.05, 3.63) is 29.6 Å². The third-order valence-corrected chi connectivity index (χ3v) is 3.78. The van der Waals surface area contributed by atoms with Gasteiger partial charge >= 0.3 is 0 Å². The summed E-state index contributed by atoms with van der Waals surface area (Å²) in [5, 5.41) is 3.47. The van der Waals surface area contributed by atoms with Crippen LogP contribution in [0, 0.1) is 5.82 Å². The molecule has 1 saturated carbocycles. The number of benzene rings is 1. The van der Waals surface area contributed by atoms with Crippen LogP contribution in [0.4, 0.5) is 10.1 Å². The van der Waals surface area contributed by atoms with Gasteiger partial charge in [-0.05, 0) is 43.5 Å². The van der Waals surface area contributed by atoms with Crippen LogP contribution in [0.25, 0.3) is 0 Å². The summed E-state index contributed by atoms with van der Waals surface area (Å²) in [5.74, 6) is -0.155. The summed E-state index contributed by atoms with van der Waals surface area (Å²) in [5.41, 5.74) is 2.20. The van der Waals surface area contributed by atoms with E-state index in [0.29, 0.717) is 6.04 Å². The highest BCUT2D eigenvalue weighted by Gasteiger charge is 2.23. The minimum absolute atomic E-state index is 0.155. The molecule has 3 nitrogen and oxygen atoms in total. The van der Waals surface area contributed by atoms with Crippen LogP contribution in [0.1, 0.15) is 25.3 Å². The first-order chi connectivity index (χ1) is 9.22. The van der Waals surface area contributed by atoms with E-state index >= 15 is 0 Å². The van der Waals surface area contributed by atoms with Gasteiger partial charge in [0.05, 0.1) is 12.7 Å². The zero-order valence-corrected chi connectivity index (χ0v) is 11.4. The molecule has 19 heavy (non-hydrogen) atoms. The first kappa shape index (κ1) is 12.9. The van der Waals surface area contributed by atoms with Crippen LogP contribution in [0.2, 0.25) is 0 Å². The number of nitrogens with zero attached hydrogens (tertiary/aromatic N) is 1. The van der Waals surface area contributed by atoms with E-state index < -0.39 is 0 Å². The fourth-order valence-electron chi connectivity index (χ4n) is 2.58. The summed E-state index contributed by atoms with van der Waals surface area (Å²) in [6.07, 6.45) is 2.74. The summed E-state index contributed by atoms with van der Waals surface area (Å²) >= 11 is 0. The largest absolute Gasteiger partial charge is 0.375 e. The minimum atomic E-state index is -0.155. The average Bonchev–Trinajstić information content (AvgIpc) is 3.20. The molecule has 1 saturated heterocycles. The van der Waals surface area contributed by atoms with Gasteiger partial charge in [0.2, 0.25) is 0 Å². The maximum atomic E-state index is 13.5. The van der Waals surface area contributed by atoms with Crippen molar-refractivity contribution in [2.24, 2.45) is 0 Å². The Morgan fingerprint density at radius 2 is 2.26 bits per heavy atom. The van der Waals surface area contributed by atoms with Gasteiger partial charge in [-0.15, -0.1) is 0 Å². The molecule has 1 unspecified atom stereocenters. The van der Waals surface area contributed by atoms with E-state index in [0.717, 1.165) is 37.5 Å². The van der Waals surface area contributed by atoms with E-state index in [1.165, 1.54) is 12.8 Å². The van der Waals surface area contributed by atoms with Gasteiger partial charge < -0.3 is 15.0 Å². The normalized spacial score (nSPS) is 23.7. The van der Waals surface area contributed by atoms with E-state index in [4.69, 9.17) is 4.74 Å². The fraction of sp³-hybridized carbons (Fsp3) is 0.600. The number of hydrogen-bond donors (Lipinski definition) is 1. The molecule has 4 heteroatoms. The van der Waals surface area contributed by atoms with E-state index in [-0.39, 0.29) is 11.9 Å². The zero-order chi connectivity index (χ0) is 13.2. The van der Waals surface area contributed by atoms with Crippen molar-refractivity contribution < 1.29 is 9.13 Å². The molecular formula is C15H21FN2O. The lowest BCUT2D eigenvalue weighted by atomic mass is 10.1. The topological polar surface area (TPSA) is 24.5 Å². The molecule has 2 aliphatic rings. The Morgan fingerprint density at radius 1 is 1.42 bits per heavy atom. The zero-order valence-electron chi connectivity index (χ0n) is 11.4. The Kier molecular flexibility index (Phi) is 3.71. The van der Waals surface area contributed by atoms with Crippen molar-refractivity contribution in [3.63, 3.8) is 0 Å². The van der Waals surface area contributed by atoms with Gasteiger partial charge in [-0.1, -0.05) is 0 Å². The lowest BCUT2D eigenvalue weighted by Crippen LogP contribution is -2.41. The Labute approximate surface area is 113 Å². The molecular weight excluding hydrogens is 243 g/mol. The van der Waals surface area contributed by atoms with Crippen LogP contribution in [-0.4, -0.2) is 31.8 Å². The number of morpholine rings is 1. The van der Waals surface area contributed by atoms with Crippen LogP contribution in [0.15, 0.2) is 18.2 Å². The van der Waals surface area contributed by atoms with E-state index in [2.05, 4.69) is 17.1 Å². The summed E-state index contributed by atoms with van der Waals surface area (Å²) in [6, 6.07) is 5.75. The van der Waals surface area contributed by atoms with E-state index in [9.17, 15) is 4.39 Å². The van der Waals surface area contributed by atoms with Gasteiger partial charge in [0, 0.05) is 31.4 Å². The van der Waals surface area contributed by atoms with E-state index in [1.54, 1.807) is 12.1 Å². The smallest absolute Gasteiger partial charge is 0.123 e. The highest BCUT2D eigenvalue weighted by molar-refractivity contribution is 5.54. The molecule has 1 atom stereocenters. The minimum Gasteiger partial charge on any atom is -0.375 e. The molecule has 3 rings (SSSR count). The highest BCUT2D eigenvalue weighted by atomic mass is 19.1. The van der Waals surface area contributed by atoms with Gasteiger partial charge in [-0.3, -0.25) is 0 Å². The monoisotopic (exact) mass is 264 g/mol. The van der Waals surface area contributed by atoms with Gasteiger partial charge in [-0.2, -0.15) is 0 Å². The number of halogens is 1. The van der Waals surface area contributed by atoms with Crippen LogP contribution in [0.3, 0.4) is 0 Å². The number of hydrogen-bond acceptors (Lipinski definition) is 3. The van der Waals surface area contributed by atoms with Crippen LogP contribution in [0.5, 0.6) is 0 Å². The third kappa shape index (κ3) is 3.25. The molecule has 2 fully saturated rings. The lowest BCUT2D eigenvalue weighted by molar-refractivity contribution is 0.0531. The summed E-state index contributed by atoms with van der Waals surface area (Å²) < 4.78 is 19.0. The number of anilines is 1. The molecule has 1 N–H and O–H groups in total. The Balaban J connectivity index is 1.77. The molecule has 1 aromatic carbocycles. The van der Waals surface area contributed by atoms with Crippen molar-refractivity contribution in [1.82, 2.24) is 5.32 Å². The average molecular weight is 264 g/mol. The first-order valence-corrected chi connectivity index (χ1v) is 7.11. The van der Waals surface area contributed by atoms with Gasteiger partial charge in [0.15, 0.2) is 0 Å². The van der Waals surface area contributed by atoms with Gasteiger partial charge in [0.1, 0.15) is 5.82 Å². The molecule has 0 bridgehead atoms. The molecule has 1 aromatic rings. The second kappa shape index (κ2) is 5.47. The van der Waals surface area contributed by atoms with Gasteiger partial charge in [-0.25, -0.2) is 4.39 Å². The standard InChI is InChI=1S/C15H21FN2O/c1-11-10-18(6-7-19-11)15-5-2-13(16)8-12(15)9-17-14-3-4-14/h2,5,8,11,14,17H,3-4,6-7,9-10H2,1H3. The number of rotatable bonds is 4. The van der Waals surface area contributed by atoms with Crippen LogP contribution < -0.4 is 10.2 Å². The quantitative estimate of drug-likeness (QED) is 0.903. The predicted octanol–water partition coefficient (Wildman–Crippen LogP) is 2.30. The molecule has 0 amide bonds. The Hall–Kier alpha value is -1.13.